The minimum Gasteiger partial charge on any atom is -0.491 e. The van der Waals surface area contributed by atoms with Crippen LogP contribution in [-0.2, 0) is 0 Å². The van der Waals surface area contributed by atoms with E-state index in [1.807, 2.05) is 26.0 Å². The van der Waals surface area contributed by atoms with E-state index in [9.17, 15) is 0 Å². The molecule has 0 heterocycles. The summed E-state index contributed by atoms with van der Waals surface area (Å²) in [6.07, 6.45) is 1.25. The van der Waals surface area contributed by atoms with E-state index in [1.54, 1.807) is 0 Å². The van der Waals surface area contributed by atoms with Crippen LogP contribution in [0.5, 0.6) is 5.75 Å². The number of hydrogen-bond acceptors (Lipinski definition) is 3. The maximum atomic E-state index is 5.69. The molecule has 4 N–H and O–H groups in total. The van der Waals surface area contributed by atoms with Gasteiger partial charge in [0.15, 0.2) is 0 Å². The van der Waals surface area contributed by atoms with Crippen LogP contribution in [0.1, 0.15) is 38.7 Å². The Kier molecular flexibility index (Phi) is 6.16. The van der Waals surface area contributed by atoms with Gasteiger partial charge in [-0.3, -0.25) is 0 Å². The Hall–Kier alpha value is -1.06. The monoisotopic (exact) mass is 250 g/mol. The highest BCUT2D eigenvalue weighted by molar-refractivity contribution is 5.29. The molecule has 0 amide bonds. The summed E-state index contributed by atoms with van der Waals surface area (Å²) in [7, 11) is 0. The molecule has 1 atom stereocenters. The van der Waals surface area contributed by atoms with Gasteiger partial charge in [-0.05, 0) is 62.9 Å². The largest absolute Gasteiger partial charge is 0.491 e. The maximum Gasteiger partial charge on any atom is 0.119 e. The summed E-state index contributed by atoms with van der Waals surface area (Å²) in [5.74, 6) is 1.82. The van der Waals surface area contributed by atoms with Gasteiger partial charge >= 0.3 is 0 Å². The second kappa shape index (κ2) is 7.39. The zero-order chi connectivity index (χ0) is 13.5. The molecule has 0 saturated carbocycles. The van der Waals surface area contributed by atoms with Crippen molar-refractivity contribution in [2.24, 2.45) is 17.4 Å². The molecule has 3 heteroatoms. The second-order valence-corrected chi connectivity index (χ2v) is 5.21. The van der Waals surface area contributed by atoms with Crippen LogP contribution in [0.3, 0.4) is 0 Å². The van der Waals surface area contributed by atoms with Crippen molar-refractivity contribution in [1.82, 2.24) is 0 Å². The van der Waals surface area contributed by atoms with Crippen LogP contribution in [0.15, 0.2) is 24.3 Å². The predicted octanol–water partition coefficient (Wildman–Crippen LogP) is 2.50. The standard InChI is InChI=1S/C15H26N2O/c1-11(2)18-15-6-4-14(5-7-15)12(3)8-13(9-16)10-17/h4-7,11-13H,8-10,16-17H2,1-3H3. The summed E-state index contributed by atoms with van der Waals surface area (Å²) in [5.41, 5.74) is 12.7. The van der Waals surface area contributed by atoms with Crippen LogP contribution >= 0.6 is 0 Å². The van der Waals surface area contributed by atoms with Crippen molar-refractivity contribution in [3.8, 4) is 5.75 Å². The Bertz CT molecular complexity index is 331. The molecule has 0 aliphatic heterocycles. The van der Waals surface area contributed by atoms with E-state index in [0.29, 0.717) is 24.9 Å². The van der Waals surface area contributed by atoms with E-state index in [0.717, 1.165) is 12.2 Å². The molecule has 0 aliphatic rings. The van der Waals surface area contributed by atoms with Crippen LogP contribution in [-0.4, -0.2) is 19.2 Å². The fourth-order valence-electron chi connectivity index (χ4n) is 2.07. The molecule has 1 rings (SSSR count). The van der Waals surface area contributed by atoms with Crippen molar-refractivity contribution in [3.05, 3.63) is 29.8 Å². The van der Waals surface area contributed by atoms with Crippen LogP contribution in [0.2, 0.25) is 0 Å². The van der Waals surface area contributed by atoms with Crippen LogP contribution in [0.25, 0.3) is 0 Å². The highest BCUT2D eigenvalue weighted by Crippen LogP contribution is 2.25. The van der Waals surface area contributed by atoms with Crippen LogP contribution < -0.4 is 16.2 Å². The molecule has 1 unspecified atom stereocenters. The maximum absolute atomic E-state index is 5.69. The summed E-state index contributed by atoms with van der Waals surface area (Å²) < 4.78 is 5.63. The molecule has 1 aromatic carbocycles. The fourth-order valence-corrected chi connectivity index (χ4v) is 2.07. The zero-order valence-corrected chi connectivity index (χ0v) is 11.7. The third kappa shape index (κ3) is 4.67. The van der Waals surface area contributed by atoms with E-state index in [2.05, 4.69) is 19.1 Å². The minimum absolute atomic E-state index is 0.215. The number of ether oxygens (including phenoxy) is 1. The van der Waals surface area contributed by atoms with Crippen molar-refractivity contribution >= 4 is 0 Å². The number of nitrogens with two attached hydrogens (primary N) is 2. The SMILES string of the molecule is CC(C)Oc1ccc(C(C)CC(CN)CN)cc1. The molecule has 102 valence electrons. The quantitative estimate of drug-likeness (QED) is 0.781. The Labute approximate surface area is 111 Å². The first kappa shape index (κ1) is 15.0. The van der Waals surface area contributed by atoms with Gasteiger partial charge in [0.2, 0.25) is 0 Å². The van der Waals surface area contributed by atoms with Crippen LogP contribution in [0, 0.1) is 5.92 Å². The molecule has 1 aromatic rings. The molecule has 0 spiro atoms. The normalized spacial score (nSPS) is 13.1. The highest BCUT2D eigenvalue weighted by Gasteiger charge is 2.12. The third-order valence-electron chi connectivity index (χ3n) is 3.17. The van der Waals surface area contributed by atoms with E-state index in [1.165, 1.54) is 5.56 Å². The van der Waals surface area contributed by atoms with Gasteiger partial charge in [0.05, 0.1) is 6.10 Å². The molecule has 3 nitrogen and oxygen atoms in total. The fraction of sp³-hybridized carbons (Fsp3) is 0.600. The van der Waals surface area contributed by atoms with Crippen molar-refractivity contribution in [3.63, 3.8) is 0 Å². The molecule has 18 heavy (non-hydrogen) atoms. The smallest absolute Gasteiger partial charge is 0.119 e. The molecule has 0 fully saturated rings. The molecule has 0 saturated heterocycles. The van der Waals surface area contributed by atoms with E-state index in [-0.39, 0.29) is 6.10 Å². The summed E-state index contributed by atoms with van der Waals surface area (Å²) in [5, 5.41) is 0. The lowest BCUT2D eigenvalue weighted by atomic mass is 9.90. The van der Waals surface area contributed by atoms with Gasteiger partial charge in [-0.2, -0.15) is 0 Å². The lowest BCUT2D eigenvalue weighted by Gasteiger charge is -2.19. The van der Waals surface area contributed by atoms with Crippen LogP contribution in [0.4, 0.5) is 0 Å². The molecule has 0 radical (unpaired) electrons. The lowest BCUT2D eigenvalue weighted by molar-refractivity contribution is 0.242. The number of rotatable bonds is 7. The Morgan fingerprint density at radius 1 is 1.00 bits per heavy atom. The first-order valence-electron chi connectivity index (χ1n) is 6.73. The summed E-state index contributed by atoms with van der Waals surface area (Å²) >= 11 is 0. The predicted molar refractivity (Wildman–Crippen MR) is 76.8 cm³/mol. The van der Waals surface area contributed by atoms with Gasteiger partial charge in [-0.15, -0.1) is 0 Å². The summed E-state index contributed by atoms with van der Waals surface area (Å²) in [4.78, 5) is 0. The number of benzene rings is 1. The molecular weight excluding hydrogens is 224 g/mol. The first-order chi connectivity index (χ1) is 8.56. The first-order valence-corrected chi connectivity index (χ1v) is 6.73. The van der Waals surface area contributed by atoms with Crippen molar-refractivity contribution in [2.45, 2.75) is 39.2 Å². The second-order valence-electron chi connectivity index (χ2n) is 5.21. The van der Waals surface area contributed by atoms with Gasteiger partial charge in [0.1, 0.15) is 5.75 Å². The Balaban J connectivity index is 2.61. The molecule has 0 aromatic heterocycles. The molecule has 0 bridgehead atoms. The topological polar surface area (TPSA) is 61.3 Å². The van der Waals surface area contributed by atoms with Gasteiger partial charge in [-0.25, -0.2) is 0 Å². The molecule has 0 aliphatic carbocycles. The Morgan fingerprint density at radius 2 is 1.56 bits per heavy atom. The minimum atomic E-state index is 0.215. The van der Waals surface area contributed by atoms with Gasteiger partial charge in [0, 0.05) is 0 Å². The zero-order valence-electron chi connectivity index (χ0n) is 11.7. The van der Waals surface area contributed by atoms with Gasteiger partial charge in [-0.1, -0.05) is 19.1 Å². The average Bonchev–Trinajstić information content (AvgIpc) is 2.35. The van der Waals surface area contributed by atoms with Gasteiger partial charge in [0.25, 0.3) is 0 Å². The average molecular weight is 250 g/mol. The summed E-state index contributed by atoms with van der Waals surface area (Å²) in [6, 6.07) is 8.33. The third-order valence-corrected chi connectivity index (χ3v) is 3.17. The summed E-state index contributed by atoms with van der Waals surface area (Å²) in [6.45, 7) is 7.61. The van der Waals surface area contributed by atoms with Crippen molar-refractivity contribution < 1.29 is 4.74 Å². The number of hydrogen-bond donors (Lipinski definition) is 2. The molecular formula is C15H26N2O. The Morgan fingerprint density at radius 3 is 2.00 bits per heavy atom. The lowest BCUT2D eigenvalue weighted by Crippen LogP contribution is -2.24. The van der Waals surface area contributed by atoms with E-state index in [4.69, 9.17) is 16.2 Å². The van der Waals surface area contributed by atoms with Gasteiger partial charge < -0.3 is 16.2 Å². The van der Waals surface area contributed by atoms with Crippen molar-refractivity contribution in [1.29, 1.82) is 0 Å². The highest BCUT2D eigenvalue weighted by atomic mass is 16.5. The van der Waals surface area contributed by atoms with E-state index < -0.39 is 0 Å². The van der Waals surface area contributed by atoms with E-state index >= 15 is 0 Å². The van der Waals surface area contributed by atoms with Crippen molar-refractivity contribution in [2.75, 3.05) is 13.1 Å².